The SMILES string of the molecule is Cc1nn(C)c(C)c1CNCCc1c[nH]c2ccccc12. The summed E-state index contributed by atoms with van der Waals surface area (Å²) in [7, 11) is 2.00. The number of H-pyrrole nitrogens is 1. The van der Waals surface area contributed by atoms with E-state index < -0.39 is 0 Å². The van der Waals surface area contributed by atoms with E-state index in [4.69, 9.17) is 0 Å². The van der Waals surface area contributed by atoms with Crippen molar-refractivity contribution in [3.63, 3.8) is 0 Å². The van der Waals surface area contributed by atoms with Crippen molar-refractivity contribution >= 4 is 10.9 Å². The van der Waals surface area contributed by atoms with Gasteiger partial charge in [-0.2, -0.15) is 5.10 Å². The molecule has 0 radical (unpaired) electrons. The number of aromatic amines is 1. The Morgan fingerprint density at radius 1 is 1.24 bits per heavy atom. The third-order valence-corrected chi connectivity index (χ3v) is 4.21. The fraction of sp³-hybridized carbons (Fsp3) is 0.353. The van der Waals surface area contributed by atoms with Gasteiger partial charge in [0, 0.05) is 41.9 Å². The topological polar surface area (TPSA) is 45.6 Å². The summed E-state index contributed by atoms with van der Waals surface area (Å²) >= 11 is 0. The minimum absolute atomic E-state index is 0.883. The van der Waals surface area contributed by atoms with Gasteiger partial charge >= 0.3 is 0 Å². The summed E-state index contributed by atoms with van der Waals surface area (Å²) in [5.41, 5.74) is 6.27. The van der Waals surface area contributed by atoms with Gasteiger partial charge in [0.25, 0.3) is 0 Å². The highest BCUT2D eigenvalue weighted by Crippen LogP contribution is 2.18. The molecule has 2 N–H and O–H groups in total. The van der Waals surface area contributed by atoms with Crippen LogP contribution in [0.3, 0.4) is 0 Å². The number of rotatable bonds is 5. The molecule has 0 saturated heterocycles. The molecule has 2 heterocycles. The molecule has 110 valence electrons. The second kappa shape index (κ2) is 5.74. The van der Waals surface area contributed by atoms with Crippen LogP contribution in [0.2, 0.25) is 0 Å². The Kier molecular flexibility index (Phi) is 3.80. The first-order valence-electron chi connectivity index (χ1n) is 7.41. The number of nitrogens with one attached hydrogen (secondary N) is 2. The van der Waals surface area contributed by atoms with Crippen molar-refractivity contribution in [2.45, 2.75) is 26.8 Å². The van der Waals surface area contributed by atoms with Crippen LogP contribution in [-0.4, -0.2) is 21.3 Å². The van der Waals surface area contributed by atoms with Gasteiger partial charge in [0.15, 0.2) is 0 Å². The largest absolute Gasteiger partial charge is 0.361 e. The van der Waals surface area contributed by atoms with Crippen LogP contribution >= 0.6 is 0 Å². The first kappa shape index (κ1) is 13.9. The fourth-order valence-corrected chi connectivity index (χ4v) is 2.85. The lowest BCUT2D eigenvalue weighted by Gasteiger charge is -2.05. The van der Waals surface area contributed by atoms with Crippen LogP contribution in [0.5, 0.6) is 0 Å². The lowest BCUT2D eigenvalue weighted by Crippen LogP contribution is -2.17. The van der Waals surface area contributed by atoms with Gasteiger partial charge in [-0.25, -0.2) is 0 Å². The summed E-state index contributed by atoms with van der Waals surface area (Å²) in [5.74, 6) is 0. The monoisotopic (exact) mass is 282 g/mol. The predicted molar refractivity (Wildman–Crippen MR) is 86.4 cm³/mol. The smallest absolute Gasteiger partial charge is 0.0641 e. The van der Waals surface area contributed by atoms with Crippen molar-refractivity contribution in [1.29, 1.82) is 0 Å². The molecule has 0 aliphatic carbocycles. The summed E-state index contributed by atoms with van der Waals surface area (Å²) in [4.78, 5) is 3.33. The predicted octanol–water partition coefficient (Wildman–Crippen LogP) is 2.85. The van der Waals surface area contributed by atoms with E-state index in [0.717, 1.165) is 25.2 Å². The first-order chi connectivity index (χ1) is 10.2. The van der Waals surface area contributed by atoms with E-state index in [1.54, 1.807) is 0 Å². The number of hydrogen-bond donors (Lipinski definition) is 2. The second-order valence-electron chi connectivity index (χ2n) is 5.56. The van der Waals surface area contributed by atoms with Gasteiger partial charge in [-0.05, 0) is 38.4 Å². The lowest BCUT2D eigenvalue weighted by molar-refractivity contribution is 0.680. The van der Waals surface area contributed by atoms with Crippen molar-refractivity contribution in [3.05, 3.63) is 53.0 Å². The van der Waals surface area contributed by atoms with Crippen molar-refractivity contribution in [1.82, 2.24) is 20.1 Å². The van der Waals surface area contributed by atoms with Gasteiger partial charge in [0.2, 0.25) is 0 Å². The van der Waals surface area contributed by atoms with Crippen molar-refractivity contribution in [2.24, 2.45) is 7.05 Å². The molecule has 0 unspecified atom stereocenters. The molecular formula is C17H22N4. The molecule has 0 atom stereocenters. The van der Waals surface area contributed by atoms with Crippen molar-refractivity contribution < 1.29 is 0 Å². The van der Waals surface area contributed by atoms with Crippen molar-refractivity contribution in [3.8, 4) is 0 Å². The molecule has 0 fully saturated rings. The van der Waals surface area contributed by atoms with E-state index in [2.05, 4.69) is 59.7 Å². The third-order valence-electron chi connectivity index (χ3n) is 4.21. The minimum Gasteiger partial charge on any atom is -0.361 e. The maximum absolute atomic E-state index is 4.45. The van der Waals surface area contributed by atoms with E-state index in [1.165, 1.54) is 27.7 Å². The van der Waals surface area contributed by atoms with Crippen LogP contribution in [0.25, 0.3) is 10.9 Å². The summed E-state index contributed by atoms with van der Waals surface area (Å²) in [6.45, 7) is 6.05. The molecule has 0 aliphatic rings. The number of benzene rings is 1. The highest BCUT2D eigenvalue weighted by Gasteiger charge is 2.08. The molecule has 0 saturated carbocycles. The number of aryl methyl sites for hydroxylation is 2. The maximum atomic E-state index is 4.45. The molecular weight excluding hydrogens is 260 g/mol. The molecule has 0 amide bonds. The quantitative estimate of drug-likeness (QED) is 0.707. The minimum atomic E-state index is 0.883. The normalized spacial score (nSPS) is 11.4. The Morgan fingerprint density at radius 3 is 2.81 bits per heavy atom. The molecule has 1 aromatic carbocycles. The van der Waals surface area contributed by atoms with E-state index in [9.17, 15) is 0 Å². The average molecular weight is 282 g/mol. The molecule has 0 bridgehead atoms. The standard InChI is InChI=1S/C17H22N4/c1-12-16(13(2)21(3)20-12)11-18-9-8-14-10-19-17-7-5-4-6-15(14)17/h4-7,10,18-19H,8-9,11H2,1-3H3. The highest BCUT2D eigenvalue weighted by molar-refractivity contribution is 5.83. The summed E-state index contributed by atoms with van der Waals surface area (Å²) < 4.78 is 1.95. The van der Waals surface area contributed by atoms with Crippen LogP contribution in [0.4, 0.5) is 0 Å². The van der Waals surface area contributed by atoms with E-state index >= 15 is 0 Å². The number of para-hydroxylation sites is 1. The van der Waals surface area contributed by atoms with Gasteiger partial charge in [-0.3, -0.25) is 4.68 Å². The molecule has 0 aliphatic heterocycles. The van der Waals surface area contributed by atoms with E-state index in [1.807, 2.05) is 11.7 Å². The van der Waals surface area contributed by atoms with Gasteiger partial charge in [0.05, 0.1) is 5.69 Å². The van der Waals surface area contributed by atoms with E-state index in [0.29, 0.717) is 0 Å². The van der Waals surface area contributed by atoms with Crippen LogP contribution in [0, 0.1) is 13.8 Å². The average Bonchev–Trinajstić information content (AvgIpc) is 2.99. The van der Waals surface area contributed by atoms with Crippen LogP contribution in [0.15, 0.2) is 30.5 Å². The van der Waals surface area contributed by atoms with Crippen LogP contribution in [-0.2, 0) is 20.0 Å². The lowest BCUT2D eigenvalue weighted by atomic mass is 10.1. The maximum Gasteiger partial charge on any atom is 0.0641 e. The molecule has 2 aromatic heterocycles. The van der Waals surface area contributed by atoms with Gasteiger partial charge in [0.1, 0.15) is 0 Å². The molecule has 21 heavy (non-hydrogen) atoms. The molecule has 3 rings (SSSR count). The zero-order valence-electron chi connectivity index (χ0n) is 12.9. The Balaban J connectivity index is 1.59. The van der Waals surface area contributed by atoms with Crippen LogP contribution in [0.1, 0.15) is 22.5 Å². The third kappa shape index (κ3) is 2.72. The van der Waals surface area contributed by atoms with Crippen molar-refractivity contribution in [2.75, 3.05) is 6.54 Å². The highest BCUT2D eigenvalue weighted by atomic mass is 15.3. The summed E-state index contributed by atoms with van der Waals surface area (Å²) in [6, 6.07) is 8.45. The number of hydrogen-bond acceptors (Lipinski definition) is 2. The molecule has 4 nitrogen and oxygen atoms in total. The van der Waals surface area contributed by atoms with Crippen LogP contribution < -0.4 is 5.32 Å². The summed E-state index contributed by atoms with van der Waals surface area (Å²) in [6.07, 6.45) is 3.15. The molecule has 4 heteroatoms. The Hall–Kier alpha value is -2.07. The Morgan fingerprint density at radius 2 is 2.05 bits per heavy atom. The summed E-state index contributed by atoms with van der Waals surface area (Å²) in [5, 5.41) is 9.31. The zero-order valence-corrected chi connectivity index (χ0v) is 12.9. The fourth-order valence-electron chi connectivity index (χ4n) is 2.85. The Bertz CT molecular complexity index is 751. The number of fused-ring (bicyclic) bond motifs is 1. The van der Waals surface area contributed by atoms with E-state index in [-0.39, 0.29) is 0 Å². The molecule has 0 spiro atoms. The first-order valence-corrected chi connectivity index (χ1v) is 7.41. The van der Waals surface area contributed by atoms with Gasteiger partial charge in [-0.1, -0.05) is 18.2 Å². The zero-order chi connectivity index (χ0) is 14.8. The number of aromatic nitrogens is 3. The Labute approximate surface area is 125 Å². The molecule has 3 aromatic rings. The second-order valence-corrected chi connectivity index (χ2v) is 5.56. The number of nitrogens with zero attached hydrogens (tertiary/aromatic N) is 2. The van der Waals surface area contributed by atoms with Gasteiger partial charge in [-0.15, -0.1) is 0 Å². The van der Waals surface area contributed by atoms with Gasteiger partial charge < -0.3 is 10.3 Å².